The fraction of sp³-hybridized carbons (Fsp3) is 0.364. The number of likely N-dealkylation sites (tertiary alicyclic amines) is 1. The summed E-state index contributed by atoms with van der Waals surface area (Å²) in [5.41, 5.74) is 2.62. The topological polar surface area (TPSA) is 89.4 Å². The van der Waals surface area contributed by atoms with Crippen molar-refractivity contribution >= 4 is 5.91 Å². The zero-order chi connectivity index (χ0) is 20.4. The normalized spacial score (nSPS) is 16.3. The average molecular weight is 393 g/mol. The first-order valence-corrected chi connectivity index (χ1v) is 9.82. The van der Waals surface area contributed by atoms with Crippen LogP contribution in [0.3, 0.4) is 0 Å². The largest absolute Gasteiger partial charge is 0.427 e. The Hall–Kier alpha value is -3.22. The van der Waals surface area contributed by atoms with E-state index in [9.17, 15) is 9.59 Å². The molecule has 3 heterocycles. The molecule has 0 bridgehead atoms. The molecular formula is C22H23N3O4. The highest BCUT2D eigenvalue weighted by Gasteiger charge is 2.35. The van der Waals surface area contributed by atoms with Crippen molar-refractivity contribution in [1.82, 2.24) is 15.2 Å². The third-order valence-corrected chi connectivity index (χ3v) is 5.43. The number of benzene rings is 1. The maximum absolute atomic E-state index is 13.2. The summed E-state index contributed by atoms with van der Waals surface area (Å²) in [5, 5.41) is 7.77. The van der Waals surface area contributed by atoms with Crippen LogP contribution in [-0.4, -0.2) is 27.7 Å². The number of hydrogen-bond acceptors (Lipinski definition) is 6. The van der Waals surface area contributed by atoms with Crippen LogP contribution in [0.15, 0.2) is 50.2 Å². The van der Waals surface area contributed by atoms with Gasteiger partial charge in [-0.1, -0.05) is 40.6 Å². The standard InChI is InChI=1S/C22H23N3O4/c1-14-13-17(11-10-16-7-4-3-5-8-16)28-22(27)19(14)21(26)25-12-6-9-18(25)20-15(2)23-29-24-20/h3-5,7-8,13,18H,6,9-12H2,1-2H3. The van der Waals surface area contributed by atoms with Gasteiger partial charge in [0.1, 0.15) is 22.7 Å². The van der Waals surface area contributed by atoms with Crippen LogP contribution in [0.4, 0.5) is 0 Å². The number of aryl methyl sites for hydroxylation is 4. The second kappa shape index (κ2) is 8.03. The van der Waals surface area contributed by atoms with E-state index in [2.05, 4.69) is 10.3 Å². The summed E-state index contributed by atoms with van der Waals surface area (Å²) in [6.07, 6.45) is 2.97. The molecule has 1 amide bonds. The van der Waals surface area contributed by atoms with E-state index >= 15 is 0 Å². The summed E-state index contributed by atoms with van der Waals surface area (Å²) in [4.78, 5) is 27.5. The van der Waals surface area contributed by atoms with E-state index in [4.69, 9.17) is 9.05 Å². The van der Waals surface area contributed by atoms with Gasteiger partial charge in [0.05, 0.1) is 6.04 Å². The lowest BCUT2D eigenvalue weighted by Crippen LogP contribution is -2.35. The Labute approximate surface area is 168 Å². The molecule has 150 valence electrons. The maximum Gasteiger partial charge on any atom is 0.349 e. The van der Waals surface area contributed by atoms with Crippen LogP contribution in [0.5, 0.6) is 0 Å². The Bertz CT molecular complexity index is 1070. The molecule has 29 heavy (non-hydrogen) atoms. The number of carbonyl (C=O) groups is 1. The molecule has 1 fully saturated rings. The lowest BCUT2D eigenvalue weighted by Gasteiger charge is -2.23. The Kier molecular flexibility index (Phi) is 5.29. The average Bonchev–Trinajstić information content (AvgIpc) is 3.35. The number of amides is 1. The van der Waals surface area contributed by atoms with Gasteiger partial charge in [-0.2, -0.15) is 0 Å². The lowest BCUT2D eigenvalue weighted by molar-refractivity contribution is 0.0724. The summed E-state index contributed by atoms with van der Waals surface area (Å²) in [7, 11) is 0. The van der Waals surface area contributed by atoms with E-state index in [1.54, 1.807) is 24.8 Å². The fourth-order valence-corrected chi connectivity index (χ4v) is 3.94. The molecule has 1 unspecified atom stereocenters. The van der Waals surface area contributed by atoms with Gasteiger partial charge in [0.2, 0.25) is 0 Å². The zero-order valence-electron chi connectivity index (χ0n) is 16.6. The molecule has 1 aromatic carbocycles. The van der Waals surface area contributed by atoms with Crippen molar-refractivity contribution in [3.8, 4) is 0 Å². The van der Waals surface area contributed by atoms with Crippen LogP contribution in [0.1, 0.15) is 57.5 Å². The molecule has 4 rings (SSSR count). The van der Waals surface area contributed by atoms with Gasteiger partial charge in [-0.25, -0.2) is 9.42 Å². The van der Waals surface area contributed by atoms with Crippen molar-refractivity contribution in [1.29, 1.82) is 0 Å². The summed E-state index contributed by atoms with van der Waals surface area (Å²) >= 11 is 0. The molecule has 1 aliphatic rings. The number of hydrogen-bond donors (Lipinski definition) is 0. The number of aromatic nitrogens is 2. The van der Waals surface area contributed by atoms with Gasteiger partial charge in [-0.3, -0.25) is 4.79 Å². The second-order valence-electron chi connectivity index (χ2n) is 7.44. The van der Waals surface area contributed by atoms with Gasteiger partial charge in [-0.05, 0) is 50.3 Å². The predicted molar refractivity (Wildman–Crippen MR) is 106 cm³/mol. The van der Waals surface area contributed by atoms with Gasteiger partial charge in [-0.15, -0.1) is 0 Å². The fourth-order valence-electron chi connectivity index (χ4n) is 3.94. The van der Waals surface area contributed by atoms with Crippen molar-refractivity contribution in [2.75, 3.05) is 6.54 Å². The molecule has 0 aliphatic carbocycles. The first-order chi connectivity index (χ1) is 14.0. The minimum atomic E-state index is -0.585. The minimum absolute atomic E-state index is 0.0921. The molecule has 1 aliphatic heterocycles. The summed E-state index contributed by atoms with van der Waals surface area (Å²) in [5.74, 6) is 0.262. The Morgan fingerprint density at radius 2 is 1.97 bits per heavy atom. The molecule has 0 radical (unpaired) electrons. The SMILES string of the molecule is Cc1cc(CCc2ccccc2)oc(=O)c1C(=O)N1CCCC1c1nonc1C. The molecule has 1 saturated heterocycles. The van der Waals surface area contributed by atoms with Gasteiger partial charge in [0.25, 0.3) is 5.91 Å². The molecule has 7 heteroatoms. The molecule has 0 spiro atoms. The van der Waals surface area contributed by atoms with Gasteiger partial charge in [0, 0.05) is 13.0 Å². The van der Waals surface area contributed by atoms with E-state index in [0.29, 0.717) is 35.7 Å². The monoisotopic (exact) mass is 393 g/mol. The summed E-state index contributed by atoms with van der Waals surface area (Å²) < 4.78 is 10.3. The third kappa shape index (κ3) is 3.85. The van der Waals surface area contributed by atoms with Gasteiger partial charge >= 0.3 is 5.63 Å². The van der Waals surface area contributed by atoms with E-state index in [1.165, 1.54) is 5.56 Å². The molecule has 3 aromatic rings. The van der Waals surface area contributed by atoms with E-state index in [1.807, 2.05) is 30.3 Å². The lowest BCUT2D eigenvalue weighted by atomic mass is 10.0. The highest BCUT2D eigenvalue weighted by Crippen LogP contribution is 2.33. The van der Waals surface area contributed by atoms with E-state index in [0.717, 1.165) is 19.3 Å². The van der Waals surface area contributed by atoms with Crippen molar-refractivity contribution in [2.45, 2.75) is 45.6 Å². The second-order valence-corrected chi connectivity index (χ2v) is 7.44. The number of rotatable bonds is 5. The predicted octanol–water partition coefficient (Wildman–Crippen LogP) is 3.40. The summed E-state index contributed by atoms with van der Waals surface area (Å²) in [6, 6.07) is 11.6. The van der Waals surface area contributed by atoms with E-state index in [-0.39, 0.29) is 17.5 Å². The summed E-state index contributed by atoms with van der Waals surface area (Å²) in [6.45, 7) is 4.14. The van der Waals surface area contributed by atoms with Crippen molar-refractivity contribution in [3.05, 3.63) is 80.7 Å². The molecule has 7 nitrogen and oxygen atoms in total. The highest BCUT2D eigenvalue weighted by molar-refractivity contribution is 5.95. The van der Waals surface area contributed by atoms with Crippen LogP contribution < -0.4 is 5.63 Å². The first-order valence-electron chi connectivity index (χ1n) is 9.82. The molecule has 0 N–H and O–H groups in total. The van der Waals surface area contributed by atoms with Crippen molar-refractivity contribution < 1.29 is 13.8 Å². The Morgan fingerprint density at radius 1 is 1.17 bits per heavy atom. The maximum atomic E-state index is 13.2. The van der Waals surface area contributed by atoms with E-state index < -0.39 is 5.63 Å². The quantitative estimate of drug-likeness (QED) is 0.660. The van der Waals surface area contributed by atoms with Crippen LogP contribution >= 0.6 is 0 Å². The van der Waals surface area contributed by atoms with Gasteiger partial charge in [0.15, 0.2) is 0 Å². The van der Waals surface area contributed by atoms with Crippen molar-refractivity contribution in [2.24, 2.45) is 0 Å². The molecule has 0 saturated carbocycles. The van der Waals surface area contributed by atoms with Crippen LogP contribution in [0, 0.1) is 13.8 Å². The van der Waals surface area contributed by atoms with Crippen LogP contribution in [0.2, 0.25) is 0 Å². The third-order valence-electron chi connectivity index (χ3n) is 5.43. The Morgan fingerprint density at radius 3 is 2.66 bits per heavy atom. The number of carbonyl (C=O) groups excluding carboxylic acids is 1. The molecule has 2 aromatic heterocycles. The smallest absolute Gasteiger partial charge is 0.349 e. The molecule has 1 atom stereocenters. The van der Waals surface area contributed by atoms with Gasteiger partial charge < -0.3 is 9.32 Å². The molecular weight excluding hydrogens is 370 g/mol. The van der Waals surface area contributed by atoms with Crippen LogP contribution in [0.25, 0.3) is 0 Å². The van der Waals surface area contributed by atoms with Crippen LogP contribution in [-0.2, 0) is 12.8 Å². The first kappa shape index (κ1) is 19.1. The zero-order valence-corrected chi connectivity index (χ0v) is 16.6. The minimum Gasteiger partial charge on any atom is -0.427 e. The highest BCUT2D eigenvalue weighted by atomic mass is 16.6. The van der Waals surface area contributed by atoms with Crippen molar-refractivity contribution in [3.63, 3.8) is 0 Å². The Balaban J connectivity index is 1.56. The number of nitrogens with zero attached hydrogens (tertiary/aromatic N) is 3.